The van der Waals surface area contributed by atoms with Crippen LogP contribution in [0.3, 0.4) is 0 Å². The van der Waals surface area contributed by atoms with E-state index < -0.39 is 10.0 Å². The number of fused-ring (bicyclic) bond motifs is 1. The van der Waals surface area contributed by atoms with Crippen molar-refractivity contribution >= 4 is 26.6 Å². The van der Waals surface area contributed by atoms with Crippen molar-refractivity contribution in [1.29, 1.82) is 0 Å². The number of para-hydroxylation sites is 1. The number of rotatable bonds is 7. The van der Waals surface area contributed by atoms with Crippen LogP contribution in [0.25, 0.3) is 10.9 Å². The number of benzene rings is 2. The first-order chi connectivity index (χ1) is 16.1. The fraction of sp³-hybridized carbons (Fsp3) is 0.240. The summed E-state index contributed by atoms with van der Waals surface area (Å²) in [6.07, 6.45) is 3.32. The second-order valence-electron chi connectivity index (χ2n) is 8.27. The van der Waals surface area contributed by atoms with E-state index in [0.717, 1.165) is 56.0 Å². The summed E-state index contributed by atoms with van der Waals surface area (Å²) in [6.45, 7) is 5.67. The minimum atomic E-state index is -3.74. The van der Waals surface area contributed by atoms with Gasteiger partial charge in [0.25, 0.3) is 10.0 Å². The van der Waals surface area contributed by atoms with Crippen LogP contribution in [-0.2, 0) is 23.1 Å². The quantitative estimate of drug-likeness (QED) is 0.448. The van der Waals surface area contributed by atoms with Gasteiger partial charge in [-0.15, -0.1) is 0 Å². The highest BCUT2D eigenvalue weighted by atomic mass is 32.2. The molecule has 4 aromatic rings. The molecular formula is C25H26N4O3S. The Morgan fingerprint density at radius 3 is 2.30 bits per heavy atom. The van der Waals surface area contributed by atoms with Crippen LogP contribution in [0, 0.1) is 0 Å². The van der Waals surface area contributed by atoms with Crippen molar-refractivity contribution in [2.75, 3.05) is 30.9 Å². The first kappa shape index (κ1) is 21.6. The molecule has 1 aliphatic heterocycles. The third-order valence-electron chi connectivity index (χ3n) is 5.92. The minimum absolute atomic E-state index is 0.178. The first-order valence-corrected chi connectivity index (χ1v) is 12.5. The van der Waals surface area contributed by atoms with Gasteiger partial charge < -0.3 is 4.42 Å². The van der Waals surface area contributed by atoms with E-state index in [4.69, 9.17) is 4.42 Å². The lowest BCUT2D eigenvalue weighted by Crippen LogP contribution is -2.45. The van der Waals surface area contributed by atoms with Crippen molar-refractivity contribution < 1.29 is 12.8 Å². The second kappa shape index (κ2) is 9.35. The molecule has 3 heterocycles. The lowest BCUT2D eigenvalue weighted by atomic mass is 10.2. The maximum atomic E-state index is 13.0. The Labute approximate surface area is 193 Å². The Hall–Kier alpha value is -3.20. The minimum Gasteiger partial charge on any atom is -0.468 e. The van der Waals surface area contributed by atoms with Crippen LogP contribution in [0.5, 0.6) is 0 Å². The molecule has 1 aliphatic rings. The van der Waals surface area contributed by atoms with Gasteiger partial charge in [0.2, 0.25) is 0 Å². The molecule has 1 saturated heterocycles. The molecule has 0 saturated carbocycles. The van der Waals surface area contributed by atoms with E-state index >= 15 is 0 Å². The number of nitrogens with zero attached hydrogens (tertiary/aromatic N) is 3. The van der Waals surface area contributed by atoms with Crippen LogP contribution in [0.1, 0.15) is 11.3 Å². The predicted octanol–water partition coefficient (Wildman–Crippen LogP) is 3.95. The number of sulfonamides is 1. The van der Waals surface area contributed by atoms with Crippen molar-refractivity contribution in [3.05, 3.63) is 90.5 Å². The van der Waals surface area contributed by atoms with Gasteiger partial charge in [0.15, 0.2) is 0 Å². The highest BCUT2D eigenvalue weighted by Gasteiger charge is 2.20. The molecular weight excluding hydrogens is 436 g/mol. The number of hydrogen-bond donors (Lipinski definition) is 1. The summed E-state index contributed by atoms with van der Waals surface area (Å²) in [5, 5.41) is 0.792. The van der Waals surface area contributed by atoms with Crippen molar-refractivity contribution in [3.8, 4) is 0 Å². The molecule has 0 unspecified atom stereocenters. The highest BCUT2D eigenvalue weighted by molar-refractivity contribution is 7.93. The molecule has 8 heteroatoms. The zero-order valence-electron chi connectivity index (χ0n) is 18.2. The average molecular weight is 463 g/mol. The Morgan fingerprint density at radius 2 is 1.58 bits per heavy atom. The van der Waals surface area contributed by atoms with Gasteiger partial charge in [-0.1, -0.05) is 30.3 Å². The number of nitrogens with one attached hydrogen (secondary N) is 1. The summed E-state index contributed by atoms with van der Waals surface area (Å²) in [5.74, 6) is 1.00. The van der Waals surface area contributed by atoms with Gasteiger partial charge in [-0.05, 0) is 42.0 Å². The molecule has 7 nitrogen and oxygen atoms in total. The van der Waals surface area contributed by atoms with Gasteiger partial charge in [0.1, 0.15) is 10.7 Å². The molecule has 0 spiro atoms. The van der Waals surface area contributed by atoms with E-state index in [1.807, 2.05) is 48.5 Å². The molecule has 170 valence electrons. The monoisotopic (exact) mass is 462 g/mol. The second-order valence-corrected chi connectivity index (χ2v) is 9.92. The number of piperazine rings is 1. The smallest absolute Gasteiger partial charge is 0.264 e. The zero-order chi connectivity index (χ0) is 22.7. The van der Waals surface area contributed by atoms with E-state index in [2.05, 4.69) is 19.5 Å². The Bertz CT molecular complexity index is 1310. The molecule has 2 aromatic carbocycles. The molecule has 1 N–H and O–H groups in total. The normalized spacial score (nSPS) is 15.6. The SMILES string of the molecule is O=S(=O)(Nc1ccc(CN2CCN(Cc3ccco3)CC2)cc1)c1cccc2cccnc12. The third kappa shape index (κ3) is 5.08. The first-order valence-electron chi connectivity index (χ1n) is 11.0. The van der Waals surface area contributed by atoms with Crippen molar-refractivity contribution in [2.24, 2.45) is 0 Å². The van der Waals surface area contributed by atoms with Crippen LogP contribution < -0.4 is 4.72 Å². The Morgan fingerprint density at radius 1 is 0.848 bits per heavy atom. The largest absolute Gasteiger partial charge is 0.468 e. The Kier molecular flexibility index (Phi) is 6.13. The Balaban J connectivity index is 1.19. The predicted molar refractivity (Wildman–Crippen MR) is 128 cm³/mol. The van der Waals surface area contributed by atoms with Crippen molar-refractivity contribution in [3.63, 3.8) is 0 Å². The van der Waals surface area contributed by atoms with E-state index in [1.54, 1.807) is 30.7 Å². The number of furan rings is 1. The van der Waals surface area contributed by atoms with Crippen molar-refractivity contribution in [1.82, 2.24) is 14.8 Å². The van der Waals surface area contributed by atoms with Crippen LogP contribution in [-0.4, -0.2) is 49.4 Å². The molecule has 0 atom stereocenters. The maximum Gasteiger partial charge on any atom is 0.264 e. The van der Waals surface area contributed by atoms with Crippen LogP contribution >= 0.6 is 0 Å². The van der Waals surface area contributed by atoms with Gasteiger partial charge in [0, 0.05) is 50.0 Å². The molecule has 33 heavy (non-hydrogen) atoms. The summed E-state index contributed by atoms with van der Waals surface area (Å²) < 4.78 is 34.1. The summed E-state index contributed by atoms with van der Waals surface area (Å²) in [4.78, 5) is 9.25. The van der Waals surface area contributed by atoms with E-state index in [0.29, 0.717) is 11.2 Å². The van der Waals surface area contributed by atoms with Crippen molar-refractivity contribution in [2.45, 2.75) is 18.0 Å². The molecule has 2 aromatic heterocycles. The molecule has 0 amide bonds. The van der Waals surface area contributed by atoms with Gasteiger partial charge in [-0.25, -0.2) is 8.42 Å². The van der Waals surface area contributed by atoms with E-state index in [1.165, 1.54) is 0 Å². The fourth-order valence-corrected chi connectivity index (χ4v) is 5.41. The van der Waals surface area contributed by atoms with E-state index in [9.17, 15) is 8.42 Å². The highest BCUT2D eigenvalue weighted by Crippen LogP contribution is 2.23. The summed E-state index contributed by atoms with van der Waals surface area (Å²) in [5.41, 5.74) is 2.16. The topological polar surface area (TPSA) is 78.7 Å². The van der Waals surface area contributed by atoms with Crippen LogP contribution in [0.2, 0.25) is 0 Å². The molecule has 0 aliphatic carbocycles. The van der Waals surface area contributed by atoms with Gasteiger partial charge in [-0.2, -0.15) is 0 Å². The fourth-order valence-electron chi connectivity index (χ4n) is 4.17. The number of pyridine rings is 1. The lowest BCUT2D eigenvalue weighted by Gasteiger charge is -2.34. The van der Waals surface area contributed by atoms with Gasteiger partial charge >= 0.3 is 0 Å². The van der Waals surface area contributed by atoms with Gasteiger partial charge in [0.05, 0.1) is 18.3 Å². The number of anilines is 1. The average Bonchev–Trinajstić information content (AvgIpc) is 3.34. The zero-order valence-corrected chi connectivity index (χ0v) is 19.0. The molecule has 0 radical (unpaired) electrons. The summed E-state index contributed by atoms with van der Waals surface area (Å²) in [6, 6.07) is 20.4. The molecule has 5 rings (SSSR count). The summed E-state index contributed by atoms with van der Waals surface area (Å²) in [7, 11) is -3.74. The van der Waals surface area contributed by atoms with Crippen LogP contribution in [0.4, 0.5) is 5.69 Å². The van der Waals surface area contributed by atoms with Crippen LogP contribution in [0.15, 0.2) is 88.5 Å². The summed E-state index contributed by atoms with van der Waals surface area (Å²) >= 11 is 0. The van der Waals surface area contributed by atoms with Gasteiger partial charge in [-0.3, -0.25) is 19.5 Å². The number of aromatic nitrogens is 1. The third-order valence-corrected chi connectivity index (χ3v) is 7.33. The maximum absolute atomic E-state index is 13.0. The standard InChI is InChI=1S/C25H26N4O3S/c30-33(31,24-7-1-4-21-5-2-12-26-25(21)24)27-22-10-8-20(9-11-22)18-28-13-15-29(16-14-28)19-23-6-3-17-32-23/h1-12,17,27H,13-16,18-19H2. The molecule has 1 fully saturated rings. The lowest BCUT2D eigenvalue weighted by molar-refractivity contribution is 0.116. The number of hydrogen-bond acceptors (Lipinski definition) is 6. The van der Waals surface area contributed by atoms with E-state index in [-0.39, 0.29) is 4.90 Å². The molecule has 0 bridgehead atoms.